The average molecular weight is 437 g/mol. The van der Waals surface area contributed by atoms with Crippen LogP contribution in [0.15, 0.2) is 28.7 Å². The number of halogens is 4. The predicted molar refractivity (Wildman–Crippen MR) is 92.6 cm³/mol. The number of benzene rings is 1. The summed E-state index contributed by atoms with van der Waals surface area (Å²) in [4.78, 5) is 22.8. The summed E-state index contributed by atoms with van der Waals surface area (Å²) in [6.07, 6.45) is -3.59. The van der Waals surface area contributed by atoms with E-state index in [9.17, 15) is 22.8 Å². The molecule has 0 bridgehead atoms. The van der Waals surface area contributed by atoms with Crippen molar-refractivity contribution in [3.63, 3.8) is 0 Å². The highest BCUT2D eigenvalue weighted by molar-refractivity contribution is 9.10. The van der Waals surface area contributed by atoms with Crippen LogP contribution in [0.5, 0.6) is 0 Å². The normalized spacial score (nSPS) is 21.7. The minimum absolute atomic E-state index is 0.0200. The van der Waals surface area contributed by atoms with Crippen LogP contribution in [-0.4, -0.2) is 29.8 Å². The molecular weight excluding hydrogens is 417 g/mol. The SMILES string of the molecule is O=C(O)NCC1CCC(C(=O)N[C@@H](c2ccc(Br)cc2)C(F)(F)F)CC1. The van der Waals surface area contributed by atoms with Crippen molar-refractivity contribution >= 4 is 27.9 Å². The summed E-state index contributed by atoms with van der Waals surface area (Å²) in [6, 6.07) is 3.62. The van der Waals surface area contributed by atoms with E-state index in [4.69, 9.17) is 5.11 Å². The number of carbonyl (C=O) groups is 2. The molecule has 5 nitrogen and oxygen atoms in total. The van der Waals surface area contributed by atoms with Gasteiger partial charge in [0.15, 0.2) is 6.04 Å². The van der Waals surface area contributed by atoms with Gasteiger partial charge in [-0.25, -0.2) is 4.79 Å². The lowest BCUT2D eigenvalue weighted by Gasteiger charge is -2.30. The summed E-state index contributed by atoms with van der Waals surface area (Å²) in [5, 5.41) is 13.0. The molecule has 0 radical (unpaired) electrons. The molecule has 0 unspecified atom stereocenters. The van der Waals surface area contributed by atoms with Crippen LogP contribution in [0.3, 0.4) is 0 Å². The fourth-order valence-corrected chi connectivity index (χ4v) is 3.39. The van der Waals surface area contributed by atoms with E-state index in [1.54, 1.807) is 0 Å². The zero-order valence-electron chi connectivity index (χ0n) is 13.9. The third kappa shape index (κ3) is 5.89. The molecule has 1 saturated carbocycles. The summed E-state index contributed by atoms with van der Waals surface area (Å²) in [5.41, 5.74) is -0.0200. The molecule has 1 atom stereocenters. The molecule has 3 N–H and O–H groups in total. The van der Waals surface area contributed by atoms with Crippen LogP contribution in [0.1, 0.15) is 37.3 Å². The first kappa shape index (κ1) is 20.5. The van der Waals surface area contributed by atoms with Crippen molar-refractivity contribution in [2.24, 2.45) is 11.8 Å². The van der Waals surface area contributed by atoms with Gasteiger partial charge in [0.1, 0.15) is 0 Å². The Morgan fingerprint density at radius 3 is 2.23 bits per heavy atom. The fourth-order valence-electron chi connectivity index (χ4n) is 3.13. The van der Waals surface area contributed by atoms with Gasteiger partial charge in [0.05, 0.1) is 0 Å². The summed E-state index contributed by atoms with van der Waals surface area (Å²) < 4.78 is 40.8. The van der Waals surface area contributed by atoms with Crippen molar-refractivity contribution in [2.45, 2.75) is 37.9 Å². The Bertz CT molecular complexity index is 629. The topological polar surface area (TPSA) is 78.4 Å². The molecule has 0 aromatic heterocycles. The third-order valence-electron chi connectivity index (χ3n) is 4.58. The summed E-state index contributed by atoms with van der Waals surface area (Å²) in [6.45, 7) is 0.299. The zero-order valence-corrected chi connectivity index (χ0v) is 15.4. The second kappa shape index (κ2) is 8.75. The monoisotopic (exact) mass is 436 g/mol. The van der Waals surface area contributed by atoms with E-state index < -0.39 is 30.1 Å². The van der Waals surface area contributed by atoms with Crippen LogP contribution in [0.4, 0.5) is 18.0 Å². The Kier molecular flexibility index (Phi) is 6.91. The number of hydrogen-bond donors (Lipinski definition) is 3. The van der Waals surface area contributed by atoms with Crippen LogP contribution >= 0.6 is 15.9 Å². The van der Waals surface area contributed by atoms with Crippen LogP contribution in [0.25, 0.3) is 0 Å². The lowest BCUT2D eigenvalue weighted by molar-refractivity contribution is -0.165. The quantitative estimate of drug-likeness (QED) is 0.645. The zero-order chi connectivity index (χ0) is 19.3. The van der Waals surface area contributed by atoms with Gasteiger partial charge in [-0.15, -0.1) is 0 Å². The van der Waals surface area contributed by atoms with Gasteiger partial charge in [0.2, 0.25) is 5.91 Å². The molecule has 0 spiro atoms. The molecule has 1 aromatic carbocycles. The lowest BCUT2D eigenvalue weighted by atomic mass is 9.81. The van der Waals surface area contributed by atoms with E-state index in [-0.39, 0.29) is 11.5 Å². The number of hydrogen-bond acceptors (Lipinski definition) is 2. The van der Waals surface area contributed by atoms with Crippen molar-refractivity contribution in [1.82, 2.24) is 10.6 Å². The van der Waals surface area contributed by atoms with E-state index in [0.717, 1.165) is 0 Å². The Labute approximate surface area is 157 Å². The van der Waals surface area contributed by atoms with Crippen molar-refractivity contribution in [1.29, 1.82) is 0 Å². The number of carboxylic acid groups (broad SMARTS) is 1. The highest BCUT2D eigenvalue weighted by atomic mass is 79.9. The molecule has 0 saturated heterocycles. The van der Waals surface area contributed by atoms with Crippen molar-refractivity contribution in [3.8, 4) is 0 Å². The number of amides is 2. The number of nitrogens with one attached hydrogen (secondary N) is 2. The number of carbonyl (C=O) groups excluding carboxylic acids is 1. The predicted octanol–water partition coefficient (Wildman–Crippen LogP) is 4.24. The van der Waals surface area contributed by atoms with Crippen molar-refractivity contribution in [3.05, 3.63) is 34.3 Å². The largest absolute Gasteiger partial charge is 0.465 e. The maximum atomic E-state index is 13.4. The van der Waals surface area contributed by atoms with Gasteiger partial charge < -0.3 is 15.7 Å². The smallest absolute Gasteiger partial charge is 0.412 e. The average Bonchev–Trinajstić information content (AvgIpc) is 2.58. The molecule has 9 heteroatoms. The molecule has 1 fully saturated rings. The van der Waals surface area contributed by atoms with E-state index in [1.165, 1.54) is 24.3 Å². The summed E-state index contributed by atoms with van der Waals surface area (Å²) in [5.74, 6) is -0.990. The minimum Gasteiger partial charge on any atom is -0.465 e. The van der Waals surface area contributed by atoms with Gasteiger partial charge in [-0.1, -0.05) is 28.1 Å². The highest BCUT2D eigenvalue weighted by Gasteiger charge is 2.43. The van der Waals surface area contributed by atoms with E-state index in [0.29, 0.717) is 36.7 Å². The molecule has 0 aliphatic heterocycles. The van der Waals surface area contributed by atoms with E-state index in [1.807, 2.05) is 0 Å². The van der Waals surface area contributed by atoms with Crippen molar-refractivity contribution < 1.29 is 27.9 Å². The maximum Gasteiger partial charge on any atom is 0.412 e. The molecule has 1 aliphatic carbocycles. The van der Waals surface area contributed by atoms with Gasteiger partial charge in [-0.05, 0) is 49.3 Å². The Morgan fingerprint density at radius 2 is 1.73 bits per heavy atom. The first-order valence-corrected chi connectivity index (χ1v) is 9.05. The lowest BCUT2D eigenvalue weighted by Crippen LogP contribution is -2.42. The molecule has 144 valence electrons. The molecular formula is C17H20BrF3N2O3. The van der Waals surface area contributed by atoms with Gasteiger partial charge in [0, 0.05) is 16.9 Å². The summed E-state index contributed by atoms with van der Waals surface area (Å²) >= 11 is 3.18. The van der Waals surface area contributed by atoms with E-state index in [2.05, 4.69) is 26.6 Å². The maximum absolute atomic E-state index is 13.4. The van der Waals surface area contributed by atoms with Gasteiger partial charge in [-0.3, -0.25) is 4.79 Å². The summed E-state index contributed by atoms with van der Waals surface area (Å²) in [7, 11) is 0. The molecule has 0 heterocycles. The Balaban J connectivity index is 1.96. The molecule has 1 aromatic rings. The van der Waals surface area contributed by atoms with Crippen molar-refractivity contribution in [2.75, 3.05) is 6.54 Å². The van der Waals surface area contributed by atoms with Crippen LogP contribution in [0.2, 0.25) is 0 Å². The van der Waals surface area contributed by atoms with Crippen LogP contribution in [-0.2, 0) is 4.79 Å². The van der Waals surface area contributed by atoms with Gasteiger partial charge in [-0.2, -0.15) is 13.2 Å². The fraction of sp³-hybridized carbons (Fsp3) is 0.529. The number of rotatable bonds is 5. The standard InChI is InChI=1S/C17H20BrF3N2O3/c18-13-7-5-11(6-8-13)14(17(19,20)21)23-15(24)12-3-1-10(2-4-12)9-22-16(25)26/h5-8,10,12,14,22H,1-4,9H2,(H,23,24)(H,25,26)/t10?,12?,14-/m0/s1. The molecule has 2 amide bonds. The van der Waals surface area contributed by atoms with E-state index >= 15 is 0 Å². The highest BCUT2D eigenvalue weighted by Crippen LogP contribution is 2.35. The first-order valence-electron chi connectivity index (χ1n) is 8.26. The Morgan fingerprint density at radius 1 is 1.15 bits per heavy atom. The third-order valence-corrected chi connectivity index (χ3v) is 5.11. The van der Waals surface area contributed by atoms with Crippen LogP contribution < -0.4 is 10.6 Å². The Hall–Kier alpha value is -1.77. The van der Waals surface area contributed by atoms with Crippen LogP contribution in [0, 0.1) is 11.8 Å². The second-order valence-electron chi connectivity index (χ2n) is 6.44. The number of alkyl halides is 3. The molecule has 26 heavy (non-hydrogen) atoms. The molecule has 2 rings (SSSR count). The van der Waals surface area contributed by atoms with Gasteiger partial charge in [0.25, 0.3) is 0 Å². The minimum atomic E-state index is -4.59. The first-order chi connectivity index (χ1) is 12.2. The van der Waals surface area contributed by atoms with Gasteiger partial charge >= 0.3 is 12.3 Å². The molecule has 1 aliphatic rings. The second-order valence-corrected chi connectivity index (χ2v) is 7.35.